The third-order valence-corrected chi connectivity index (χ3v) is 4.62. The van der Waals surface area contributed by atoms with Crippen molar-refractivity contribution in [2.75, 3.05) is 32.1 Å². The molecule has 1 N–H and O–H groups in total. The number of pyridine rings is 1. The van der Waals surface area contributed by atoms with Crippen LogP contribution in [0.3, 0.4) is 0 Å². The zero-order valence-corrected chi connectivity index (χ0v) is 15.1. The van der Waals surface area contributed by atoms with Gasteiger partial charge < -0.3 is 15.0 Å². The predicted molar refractivity (Wildman–Crippen MR) is 99.1 cm³/mol. The minimum Gasteiger partial charge on any atom is -0.375 e. The monoisotopic (exact) mass is 355 g/mol. The van der Waals surface area contributed by atoms with Crippen LogP contribution in [-0.2, 0) is 16.0 Å². The Kier molecular flexibility index (Phi) is 6.49. The Hall–Kier alpha value is -2.54. The zero-order valence-electron chi connectivity index (χ0n) is 15.1. The molecule has 1 aliphatic heterocycles. The number of piperidine rings is 1. The van der Waals surface area contributed by atoms with E-state index < -0.39 is 0 Å². The molecule has 26 heavy (non-hydrogen) atoms. The first kappa shape index (κ1) is 18.3. The molecule has 1 fully saturated rings. The van der Waals surface area contributed by atoms with Crippen LogP contribution in [0.25, 0.3) is 0 Å². The van der Waals surface area contributed by atoms with Gasteiger partial charge in [0.2, 0.25) is 5.91 Å². The SMILES string of the molecule is COCC(=O)N1CCC[C@H](CCc2ccnc(Nc3cnccn3)c2)C1. The average Bonchev–Trinajstić information content (AvgIpc) is 2.68. The maximum Gasteiger partial charge on any atom is 0.248 e. The van der Waals surface area contributed by atoms with E-state index in [1.807, 2.05) is 23.2 Å². The van der Waals surface area contributed by atoms with Crippen LogP contribution in [-0.4, -0.2) is 52.6 Å². The molecule has 7 nitrogen and oxygen atoms in total. The highest BCUT2D eigenvalue weighted by atomic mass is 16.5. The lowest BCUT2D eigenvalue weighted by atomic mass is 9.92. The first-order valence-electron chi connectivity index (χ1n) is 8.99. The van der Waals surface area contributed by atoms with Gasteiger partial charge in [0.25, 0.3) is 0 Å². The molecule has 1 aliphatic rings. The maximum atomic E-state index is 12.0. The smallest absolute Gasteiger partial charge is 0.248 e. The van der Waals surface area contributed by atoms with E-state index in [2.05, 4.69) is 20.3 Å². The molecule has 3 rings (SSSR count). The fourth-order valence-electron chi connectivity index (χ4n) is 3.31. The van der Waals surface area contributed by atoms with E-state index >= 15 is 0 Å². The largest absolute Gasteiger partial charge is 0.375 e. The van der Waals surface area contributed by atoms with Crippen molar-refractivity contribution < 1.29 is 9.53 Å². The number of aryl methyl sites for hydroxylation is 1. The predicted octanol–water partition coefficient (Wildman–Crippen LogP) is 2.43. The van der Waals surface area contributed by atoms with Crippen LogP contribution >= 0.6 is 0 Å². The van der Waals surface area contributed by atoms with Crippen LogP contribution in [0.4, 0.5) is 11.6 Å². The van der Waals surface area contributed by atoms with Gasteiger partial charge in [-0.05, 0) is 49.3 Å². The summed E-state index contributed by atoms with van der Waals surface area (Å²) in [6.07, 6.45) is 11.0. The summed E-state index contributed by atoms with van der Waals surface area (Å²) >= 11 is 0. The third kappa shape index (κ3) is 5.23. The van der Waals surface area contributed by atoms with Gasteiger partial charge in [0, 0.05) is 38.8 Å². The highest BCUT2D eigenvalue weighted by Crippen LogP contribution is 2.22. The van der Waals surface area contributed by atoms with E-state index in [0.29, 0.717) is 11.7 Å². The number of aromatic nitrogens is 3. The van der Waals surface area contributed by atoms with Gasteiger partial charge in [-0.2, -0.15) is 0 Å². The van der Waals surface area contributed by atoms with Crippen LogP contribution in [0.1, 0.15) is 24.8 Å². The lowest BCUT2D eigenvalue weighted by Gasteiger charge is -2.32. The molecular weight excluding hydrogens is 330 g/mol. The second kappa shape index (κ2) is 9.24. The van der Waals surface area contributed by atoms with Gasteiger partial charge in [-0.15, -0.1) is 0 Å². The van der Waals surface area contributed by atoms with Gasteiger partial charge >= 0.3 is 0 Å². The summed E-state index contributed by atoms with van der Waals surface area (Å²) in [4.78, 5) is 26.5. The van der Waals surface area contributed by atoms with E-state index in [1.54, 1.807) is 25.7 Å². The number of nitrogens with zero attached hydrogens (tertiary/aromatic N) is 4. The van der Waals surface area contributed by atoms with Gasteiger partial charge in [0.1, 0.15) is 18.2 Å². The van der Waals surface area contributed by atoms with Crippen molar-refractivity contribution >= 4 is 17.5 Å². The number of hydrogen-bond acceptors (Lipinski definition) is 6. The lowest BCUT2D eigenvalue weighted by molar-refractivity contribution is -0.137. The second-order valence-electron chi connectivity index (χ2n) is 6.58. The molecule has 7 heteroatoms. The summed E-state index contributed by atoms with van der Waals surface area (Å²) in [5.41, 5.74) is 1.23. The van der Waals surface area contributed by atoms with Crippen molar-refractivity contribution in [2.24, 2.45) is 5.92 Å². The summed E-state index contributed by atoms with van der Waals surface area (Å²) < 4.78 is 4.97. The van der Waals surface area contributed by atoms with E-state index in [-0.39, 0.29) is 12.5 Å². The molecule has 0 unspecified atom stereocenters. The molecular formula is C19H25N5O2. The number of carbonyl (C=O) groups is 1. The van der Waals surface area contributed by atoms with Crippen molar-refractivity contribution in [3.63, 3.8) is 0 Å². The summed E-state index contributed by atoms with van der Waals surface area (Å²) in [5.74, 6) is 2.07. The number of likely N-dealkylation sites (tertiary alicyclic amines) is 1. The summed E-state index contributed by atoms with van der Waals surface area (Å²) in [7, 11) is 1.56. The molecule has 2 aromatic rings. The molecule has 0 aliphatic carbocycles. The molecule has 1 atom stereocenters. The standard InChI is InChI=1S/C19H25N5O2/c1-26-14-19(25)24-10-2-3-16(13-24)5-4-15-6-7-21-17(11-15)23-18-12-20-8-9-22-18/h6-9,11-12,16H,2-5,10,13-14H2,1H3,(H,21,22,23)/t16-/m1/s1. The Bertz CT molecular complexity index is 710. The fraction of sp³-hybridized carbons (Fsp3) is 0.474. The average molecular weight is 355 g/mol. The molecule has 138 valence electrons. The Labute approximate surface area is 153 Å². The minimum atomic E-state index is 0.0940. The molecule has 3 heterocycles. The fourth-order valence-corrected chi connectivity index (χ4v) is 3.31. The van der Waals surface area contributed by atoms with E-state index in [9.17, 15) is 4.79 Å². The third-order valence-electron chi connectivity index (χ3n) is 4.62. The van der Waals surface area contributed by atoms with Crippen LogP contribution in [0.5, 0.6) is 0 Å². The highest BCUT2D eigenvalue weighted by Gasteiger charge is 2.23. The Balaban J connectivity index is 1.53. The second-order valence-corrected chi connectivity index (χ2v) is 6.58. The van der Waals surface area contributed by atoms with Crippen molar-refractivity contribution in [3.05, 3.63) is 42.5 Å². The van der Waals surface area contributed by atoms with Gasteiger partial charge in [-0.25, -0.2) is 9.97 Å². The zero-order chi connectivity index (χ0) is 18.2. The number of hydrogen-bond donors (Lipinski definition) is 1. The number of anilines is 2. The molecule has 2 aromatic heterocycles. The number of rotatable bonds is 7. The number of nitrogens with one attached hydrogen (secondary N) is 1. The van der Waals surface area contributed by atoms with E-state index in [1.165, 1.54) is 12.0 Å². The van der Waals surface area contributed by atoms with Gasteiger partial charge in [0.15, 0.2) is 0 Å². The molecule has 0 radical (unpaired) electrons. The Morgan fingerprint density at radius 3 is 3.00 bits per heavy atom. The van der Waals surface area contributed by atoms with Gasteiger partial charge in [-0.3, -0.25) is 9.78 Å². The van der Waals surface area contributed by atoms with Crippen molar-refractivity contribution in [3.8, 4) is 0 Å². The van der Waals surface area contributed by atoms with E-state index in [0.717, 1.165) is 38.2 Å². The minimum absolute atomic E-state index is 0.0940. The van der Waals surface area contributed by atoms with Crippen molar-refractivity contribution in [1.29, 1.82) is 0 Å². The molecule has 1 saturated heterocycles. The number of methoxy groups -OCH3 is 1. The summed E-state index contributed by atoms with van der Waals surface area (Å²) in [5, 5.41) is 3.17. The normalized spacial score (nSPS) is 17.1. The van der Waals surface area contributed by atoms with Crippen LogP contribution in [0.15, 0.2) is 36.9 Å². The highest BCUT2D eigenvalue weighted by molar-refractivity contribution is 5.77. The molecule has 0 spiro atoms. The van der Waals surface area contributed by atoms with Crippen molar-refractivity contribution in [1.82, 2.24) is 19.9 Å². The molecule has 1 amide bonds. The number of carbonyl (C=O) groups excluding carboxylic acids is 1. The molecule has 0 aromatic carbocycles. The van der Waals surface area contributed by atoms with Crippen LogP contribution in [0, 0.1) is 5.92 Å². The number of ether oxygens (including phenoxy) is 1. The van der Waals surface area contributed by atoms with Crippen molar-refractivity contribution in [2.45, 2.75) is 25.7 Å². The lowest BCUT2D eigenvalue weighted by Crippen LogP contribution is -2.41. The quantitative estimate of drug-likeness (QED) is 0.822. The molecule has 0 saturated carbocycles. The topological polar surface area (TPSA) is 80.2 Å². The van der Waals surface area contributed by atoms with E-state index in [4.69, 9.17) is 4.74 Å². The first-order chi connectivity index (χ1) is 12.7. The Morgan fingerprint density at radius 1 is 1.31 bits per heavy atom. The van der Waals surface area contributed by atoms with Gasteiger partial charge in [-0.1, -0.05) is 0 Å². The first-order valence-corrected chi connectivity index (χ1v) is 8.99. The van der Waals surface area contributed by atoms with Crippen LogP contribution < -0.4 is 5.32 Å². The maximum absolute atomic E-state index is 12.0. The van der Waals surface area contributed by atoms with Crippen LogP contribution in [0.2, 0.25) is 0 Å². The summed E-state index contributed by atoms with van der Waals surface area (Å²) in [6, 6.07) is 4.09. The number of amides is 1. The molecule has 0 bridgehead atoms. The Morgan fingerprint density at radius 2 is 2.19 bits per heavy atom. The van der Waals surface area contributed by atoms with Gasteiger partial charge in [0.05, 0.1) is 6.20 Å². The summed E-state index contributed by atoms with van der Waals surface area (Å²) in [6.45, 7) is 1.85.